The van der Waals surface area contributed by atoms with Gasteiger partial charge in [0.2, 0.25) is 5.88 Å². The van der Waals surface area contributed by atoms with Crippen LogP contribution in [0.15, 0.2) is 18.3 Å². The first-order valence-electron chi connectivity index (χ1n) is 11.4. The van der Waals surface area contributed by atoms with Crippen LogP contribution in [-0.4, -0.2) is 50.6 Å². The van der Waals surface area contributed by atoms with Crippen LogP contribution in [0, 0.1) is 24.7 Å². The van der Waals surface area contributed by atoms with Gasteiger partial charge >= 0.3 is 0 Å². The quantitative estimate of drug-likeness (QED) is 0.770. The third kappa shape index (κ3) is 4.18. The third-order valence-corrected chi connectivity index (χ3v) is 7.24. The van der Waals surface area contributed by atoms with Gasteiger partial charge in [-0.15, -0.1) is 10.2 Å². The van der Waals surface area contributed by atoms with E-state index in [0.717, 1.165) is 47.5 Å². The van der Waals surface area contributed by atoms with Crippen LogP contribution in [0.25, 0.3) is 11.3 Å². The molecule has 29 heavy (non-hydrogen) atoms. The zero-order valence-electron chi connectivity index (χ0n) is 17.8. The van der Waals surface area contributed by atoms with E-state index in [2.05, 4.69) is 20.2 Å². The minimum absolute atomic E-state index is 0.294. The van der Waals surface area contributed by atoms with Gasteiger partial charge in [0, 0.05) is 44.5 Å². The van der Waals surface area contributed by atoms with Gasteiger partial charge in [0.05, 0.1) is 11.4 Å². The summed E-state index contributed by atoms with van der Waals surface area (Å²) < 4.78 is 8.02. The minimum atomic E-state index is 0.294. The van der Waals surface area contributed by atoms with E-state index in [1.54, 1.807) is 0 Å². The summed E-state index contributed by atoms with van der Waals surface area (Å²) in [6.45, 7) is 5.87. The summed E-state index contributed by atoms with van der Waals surface area (Å²) in [4.78, 5) is 2.74. The molecule has 0 N–H and O–H groups in total. The van der Waals surface area contributed by atoms with Gasteiger partial charge in [-0.25, -0.2) is 0 Å². The molecule has 2 aromatic heterocycles. The Labute approximate surface area is 173 Å². The first-order valence-corrected chi connectivity index (χ1v) is 11.4. The molecule has 2 saturated carbocycles. The average Bonchev–Trinajstić information content (AvgIpc) is 3.36. The maximum atomic E-state index is 6.21. The smallest absolute Gasteiger partial charge is 0.233 e. The Morgan fingerprint density at radius 3 is 2.41 bits per heavy atom. The number of ether oxygens (including phenoxy) is 1. The number of hydrogen-bond acceptors (Lipinski definition) is 5. The predicted octanol–water partition coefficient (Wildman–Crippen LogP) is 3.86. The van der Waals surface area contributed by atoms with Crippen LogP contribution in [0.3, 0.4) is 0 Å². The molecule has 3 aliphatic rings. The van der Waals surface area contributed by atoms with Crippen molar-refractivity contribution in [1.82, 2.24) is 24.9 Å². The van der Waals surface area contributed by atoms with E-state index in [-0.39, 0.29) is 0 Å². The Balaban J connectivity index is 1.13. The zero-order chi connectivity index (χ0) is 19.8. The standard InChI is InChI=1S/C23H33N5O/c1-16-21(15-27(2)26-16)22-8-9-23(25-24-22)29-20-10-18-13-28(14-19(18)11-20)12-17-6-4-3-5-7-17/h8-9,15,17-20H,3-7,10-14H2,1-2H3/t18-,19+,20-. The molecule has 0 aromatic carbocycles. The molecule has 3 heterocycles. The molecular formula is C23H33N5O. The monoisotopic (exact) mass is 395 g/mol. The molecule has 2 aromatic rings. The van der Waals surface area contributed by atoms with Crippen LogP contribution in [0.1, 0.15) is 50.6 Å². The number of aryl methyl sites for hydroxylation is 2. The van der Waals surface area contributed by atoms with Gasteiger partial charge in [0.1, 0.15) is 6.10 Å². The van der Waals surface area contributed by atoms with Gasteiger partial charge in [0.25, 0.3) is 0 Å². The third-order valence-electron chi connectivity index (χ3n) is 7.24. The van der Waals surface area contributed by atoms with Gasteiger partial charge in [-0.05, 0) is 56.4 Å². The summed E-state index contributed by atoms with van der Waals surface area (Å²) in [5, 5.41) is 13.1. The molecule has 3 atom stereocenters. The fourth-order valence-corrected chi connectivity index (χ4v) is 5.87. The first kappa shape index (κ1) is 19.0. The highest BCUT2D eigenvalue weighted by Crippen LogP contribution is 2.40. The second kappa shape index (κ2) is 8.05. The molecule has 3 fully saturated rings. The summed E-state index contributed by atoms with van der Waals surface area (Å²) in [5.41, 5.74) is 2.85. The van der Waals surface area contributed by atoms with Crippen LogP contribution in [-0.2, 0) is 7.05 Å². The van der Waals surface area contributed by atoms with Gasteiger partial charge < -0.3 is 9.64 Å². The lowest BCUT2D eigenvalue weighted by atomic mass is 9.89. The summed E-state index contributed by atoms with van der Waals surface area (Å²) in [6.07, 6.45) is 11.8. The molecule has 0 spiro atoms. The topological polar surface area (TPSA) is 56.1 Å². The first-order chi connectivity index (χ1) is 14.1. The van der Waals surface area contributed by atoms with Crippen LogP contribution < -0.4 is 4.74 Å². The molecule has 0 amide bonds. The van der Waals surface area contributed by atoms with Crippen molar-refractivity contribution in [2.45, 2.75) is 58.0 Å². The normalized spacial score (nSPS) is 28.0. The highest BCUT2D eigenvalue weighted by atomic mass is 16.5. The van der Waals surface area contributed by atoms with Crippen molar-refractivity contribution in [3.8, 4) is 17.1 Å². The van der Waals surface area contributed by atoms with Crippen LogP contribution in [0.4, 0.5) is 0 Å². The highest BCUT2D eigenvalue weighted by Gasteiger charge is 2.42. The van der Waals surface area contributed by atoms with Crippen molar-refractivity contribution < 1.29 is 4.74 Å². The second-order valence-electron chi connectivity index (χ2n) is 9.51. The van der Waals surface area contributed by atoms with Crippen molar-refractivity contribution in [1.29, 1.82) is 0 Å². The number of aromatic nitrogens is 4. The van der Waals surface area contributed by atoms with E-state index in [4.69, 9.17) is 4.74 Å². The maximum absolute atomic E-state index is 6.21. The number of rotatable bonds is 5. The van der Waals surface area contributed by atoms with Gasteiger partial charge in [-0.3, -0.25) is 4.68 Å². The van der Waals surface area contributed by atoms with Crippen LogP contribution in [0.2, 0.25) is 0 Å². The van der Waals surface area contributed by atoms with Gasteiger partial charge in [-0.2, -0.15) is 5.10 Å². The fourth-order valence-electron chi connectivity index (χ4n) is 5.87. The molecule has 6 nitrogen and oxygen atoms in total. The Bertz CT molecular complexity index is 812. The van der Waals surface area contributed by atoms with E-state index in [9.17, 15) is 0 Å². The molecule has 6 heteroatoms. The van der Waals surface area contributed by atoms with Gasteiger partial charge in [0.15, 0.2) is 0 Å². The lowest BCUT2D eigenvalue weighted by Gasteiger charge is -2.27. The summed E-state index contributed by atoms with van der Waals surface area (Å²) in [7, 11) is 1.93. The molecule has 1 aliphatic heterocycles. The lowest BCUT2D eigenvalue weighted by Crippen LogP contribution is -2.30. The minimum Gasteiger partial charge on any atom is -0.473 e. The SMILES string of the molecule is Cc1nn(C)cc1-c1ccc(O[C@@H]2C[C@@H]3CN(CC4CCCCC4)C[C@@H]3C2)nn1. The lowest BCUT2D eigenvalue weighted by molar-refractivity contribution is 0.167. The summed E-state index contributed by atoms with van der Waals surface area (Å²) >= 11 is 0. The van der Waals surface area contributed by atoms with Crippen molar-refractivity contribution in [3.05, 3.63) is 24.0 Å². The number of hydrogen-bond donors (Lipinski definition) is 0. The maximum Gasteiger partial charge on any atom is 0.233 e. The van der Waals surface area contributed by atoms with Crippen molar-refractivity contribution in [2.24, 2.45) is 24.8 Å². The average molecular weight is 396 g/mol. The van der Waals surface area contributed by atoms with E-state index in [1.165, 1.54) is 51.7 Å². The summed E-state index contributed by atoms with van der Waals surface area (Å²) in [6, 6.07) is 3.95. The van der Waals surface area contributed by atoms with E-state index < -0.39 is 0 Å². The van der Waals surface area contributed by atoms with Crippen molar-refractivity contribution in [3.63, 3.8) is 0 Å². The molecule has 0 bridgehead atoms. The number of fused-ring (bicyclic) bond motifs is 1. The zero-order valence-corrected chi connectivity index (χ0v) is 17.8. The summed E-state index contributed by atoms with van der Waals surface area (Å²) in [5.74, 6) is 3.20. The van der Waals surface area contributed by atoms with Crippen LogP contribution in [0.5, 0.6) is 5.88 Å². The second-order valence-corrected chi connectivity index (χ2v) is 9.51. The van der Waals surface area contributed by atoms with Crippen molar-refractivity contribution >= 4 is 0 Å². The largest absolute Gasteiger partial charge is 0.473 e. The molecular weight excluding hydrogens is 362 g/mol. The Kier molecular flexibility index (Phi) is 5.29. The molecule has 0 unspecified atom stereocenters. The molecule has 1 saturated heterocycles. The van der Waals surface area contributed by atoms with Gasteiger partial charge in [-0.1, -0.05) is 19.3 Å². The predicted molar refractivity (Wildman–Crippen MR) is 113 cm³/mol. The van der Waals surface area contributed by atoms with Crippen molar-refractivity contribution in [2.75, 3.05) is 19.6 Å². The van der Waals surface area contributed by atoms with E-state index in [0.29, 0.717) is 12.0 Å². The number of nitrogens with zero attached hydrogens (tertiary/aromatic N) is 5. The highest BCUT2D eigenvalue weighted by molar-refractivity contribution is 5.60. The number of likely N-dealkylation sites (tertiary alicyclic amines) is 1. The van der Waals surface area contributed by atoms with E-state index in [1.807, 2.05) is 37.0 Å². The Morgan fingerprint density at radius 2 is 1.79 bits per heavy atom. The van der Waals surface area contributed by atoms with Crippen LogP contribution >= 0.6 is 0 Å². The molecule has 156 valence electrons. The molecule has 5 rings (SSSR count). The fraction of sp³-hybridized carbons (Fsp3) is 0.696. The van der Waals surface area contributed by atoms with E-state index >= 15 is 0 Å². The molecule has 2 aliphatic carbocycles. The molecule has 0 radical (unpaired) electrons. The Hall–Kier alpha value is -1.95. The Morgan fingerprint density at radius 1 is 1.03 bits per heavy atom.